The second-order valence-corrected chi connectivity index (χ2v) is 37.3. The number of ether oxygens (including phenoxy) is 2. The fourth-order valence-corrected chi connectivity index (χ4v) is 16.1. The first kappa shape index (κ1) is 116. The van der Waals surface area contributed by atoms with Crippen LogP contribution in [0.15, 0.2) is 182 Å². The largest absolute Gasteiger partial charge is 0.481 e. The number of nitrogens with one attached hydrogen (secondary N) is 10. The Balaban J connectivity index is 0.892. The molecule has 39 nitrogen and oxygen atoms in total. The Morgan fingerprint density at radius 2 is 0.795 bits per heavy atom. The third-order valence-corrected chi connectivity index (χ3v) is 23.4. The molecule has 8 rings (SSSR count). The molecule has 0 saturated heterocycles. The second-order valence-electron chi connectivity index (χ2n) is 37.3. The number of carboxylic acids is 1. The van der Waals surface area contributed by atoms with E-state index >= 15 is 8.78 Å². The van der Waals surface area contributed by atoms with E-state index in [1.54, 1.807) is 145 Å². The Labute approximate surface area is 840 Å². The lowest BCUT2D eigenvalue weighted by Gasteiger charge is -2.41. The lowest BCUT2D eigenvalue weighted by molar-refractivity contribution is -0.151. The Morgan fingerprint density at radius 1 is 0.404 bits per heavy atom. The smallest absolute Gasteiger partial charge is 0.328 e. The average molecular weight is 2030 g/mol. The number of benzene rings is 6. The van der Waals surface area contributed by atoms with E-state index < -0.39 is 272 Å². The molecule has 0 saturated carbocycles. The number of hydrogen-bond donors (Lipinski definition) is 16. The van der Waals surface area contributed by atoms with E-state index in [0.29, 0.717) is 22.5 Å². The van der Waals surface area contributed by atoms with Crippen LogP contribution in [0.25, 0.3) is 22.3 Å². The van der Waals surface area contributed by atoms with Gasteiger partial charge in [0.15, 0.2) is 0 Å². The minimum absolute atomic E-state index is 0.0385. The Kier molecular flexibility index (Phi) is 43.9. The summed E-state index contributed by atoms with van der Waals surface area (Å²) in [5.74, 6) is -21.0. The number of carbonyl (C=O) groups excluding carboxylic acids is 16. The van der Waals surface area contributed by atoms with Crippen LogP contribution in [0.4, 0.5) is 17.6 Å². The number of aliphatic carboxylic acids is 1. The molecular weight excluding hydrogens is 1900 g/mol. The van der Waals surface area contributed by atoms with Crippen LogP contribution in [0, 0.1) is 34.1 Å². The van der Waals surface area contributed by atoms with Crippen LogP contribution in [0.3, 0.4) is 0 Å². The number of aliphatic hydroxyl groups is 2. The number of amides is 14. The van der Waals surface area contributed by atoms with Crippen LogP contribution < -0.4 is 70.4 Å². The fraction of sp³-hybridized carbons (Fsp3) is 0.408. The SMILES string of the molecule is CC(NC(=O)CCC(N)C(=O)NC(C)C(=O)NC(CC(=O)O)C(=O)N[C@@H](CC(N)=O)C(=O)NCCCN(C(=O)CO)[C@@H](c1cc(-c2cc(F)ccc2F)cn1Cc1ccccc1)C(C)(C)C)C(=O)NC(C)C(=O)NC(CC(N)=O)C(=O)NC(CCN(C(=O)CO)[C@@H](c1cc(-c2cc(F)ccc2F)cn1Cc1ccccc1)C(C)(C)C)C(=O)NCCC(=O)NC(CCC(=O)OCc1ccccc1)C(=O)OCc1ccccc1. The van der Waals surface area contributed by atoms with E-state index in [0.717, 1.165) is 61.4 Å². The number of hydrogen-bond acceptors (Lipinski definition) is 22. The van der Waals surface area contributed by atoms with Crippen LogP contribution in [-0.4, -0.2) is 229 Å². The molecule has 0 aliphatic heterocycles. The molecule has 0 fully saturated rings. The third kappa shape index (κ3) is 36.1. The zero-order valence-electron chi connectivity index (χ0n) is 82.4. The summed E-state index contributed by atoms with van der Waals surface area (Å²) < 4.78 is 75.1. The van der Waals surface area contributed by atoms with Crippen molar-refractivity contribution in [3.8, 4) is 22.3 Å². The van der Waals surface area contributed by atoms with E-state index in [2.05, 4.69) is 53.2 Å². The third-order valence-electron chi connectivity index (χ3n) is 23.4. The molecule has 0 radical (unpaired) electrons. The number of halogens is 4. The van der Waals surface area contributed by atoms with Crippen molar-refractivity contribution in [2.75, 3.05) is 39.4 Å². The van der Waals surface area contributed by atoms with Crippen molar-refractivity contribution < 1.29 is 124 Å². The van der Waals surface area contributed by atoms with E-state index in [9.17, 15) is 106 Å². The van der Waals surface area contributed by atoms with Crippen molar-refractivity contribution in [3.63, 3.8) is 0 Å². The molecule has 43 heteroatoms. The summed E-state index contributed by atoms with van der Waals surface area (Å²) in [5.41, 5.74) is 19.3. The maximum atomic E-state index is 15.7. The molecule has 6 aromatic carbocycles. The van der Waals surface area contributed by atoms with Gasteiger partial charge in [-0.15, -0.1) is 0 Å². The highest BCUT2D eigenvalue weighted by Crippen LogP contribution is 2.44. The standard InChI is InChI=1S/C103H127F4N17O22/c1-60(113-85(129)37-35-75(108)96(139)115-62(3)95(138)119-80(51-89(133)134)100(143)120-78(49-83(109)127)98(141)111-41-22-43-123(87(131)56-125)91(102(4,5)6)81-45-67(71-47-69(104)31-33-73(71)106)54-121(81)52-63-23-14-10-15-24-63)93(136)114-61(2)94(137)118-79(50-84(110)128)99(142)117-76(97(140)112-42-39-86(130)116-77(101(144)146-59-66-29-20-13-21-30-66)36-38-90(135)145-58-65-27-18-12-19-28-65)40-44-124(88(132)57-126)92(103(7,8)9)82-46-68(72-48-70(105)32-34-74(72)107)55-122(82)53-64-25-16-11-17-26-64/h10-21,23-34,45-48,54-55,60-62,75-80,91-92,125-126H,22,35-44,49-53,56-59,108H2,1-9H3,(H2,109,127)(H2,110,128)(H,111,141)(H,112,140)(H,113,129)(H,114,136)(H,115,139)(H,116,130)(H,117,142)(H,118,137)(H,119,138)(H,120,143)(H,133,134)/t60?,61?,62?,75?,76?,77?,78-,79?,80?,91-,92-/m0/s1. The molecule has 146 heavy (non-hydrogen) atoms. The van der Waals surface area contributed by atoms with Gasteiger partial charge in [0.1, 0.15) is 98.0 Å². The summed E-state index contributed by atoms with van der Waals surface area (Å²) in [4.78, 5) is 234. The molecule has 8 aromatic rings. The number of primary amides is 2. The number of carbonyl (C=O) groups is 17. The van der Waals surface area contributed by atoms with Gasteiger partial charge in [0.25, 0.3) is 0 Å². The number of carboxylic acid groups (broad SMARTS) is 1. The van der Waals surface area contributed by atoms with Crippen molar-refractivity contribution in [3.05, 3.63) is 239 Å². The van der Waals surface area contributed by atoms with Crippen molar-refractivity contribution >= 4 is 101 Å². The molecule has 2 heterocycles. The van der Waals surface area contributed by atoms with E-state index in [-0.39, 0.29) is 80.9 Å². The maximum absolute atomic E-state index is 15.7. The predicted molar refractivity (Wildman–Crippen MR) is 524 cm³/mol. The topological polar surface area (TPSA) is 584 Å². The summed E-state index contributed by atoms with van der Waals surface area (Å²) in [5, 5.41) is 54.8. The van der Waals surface area contributed by atoms with Gasteiger partial charge in [-0.05, 0) is 128 Å². The van der Waals surface area contributed by atoms with E-state index in [1.165, 1.54) is 16.7 Å². The molecule has 0 aliphatic rings. The molecule has 14 amide bonds. The molecular formula is C103H127F4N17O22. The summed E-state index contributed by atoms with van der Waals surface area (Å²) >= 11 is 0. The van der Waals surface area contributed by atoms with Gasteiger partial charge in [-0.1, -0.05) is 163 Å². The number of aromatic nitrogens is 2. The van der Waals surface area contributed by atoms with Crippen molar-refractivity contribution in [1.29, 1.82) is 0 Å². The lowest BCUT2D eigenvalue weighted by Crippen LogP contribution is -2.58. The molecule has 0 bridgehead atoms. The van der Waals surface area contributed by atoms with E-state index in [4.69, 9.17) is 26.7 Å². The van der Waals surface area contributed by atoms with Gasteiger partial charge in [-0.2, -0.15) is 0 Å². The highest BCUT2D eigenvalue weighted by atomic mass is 19.1. The molecule has 0 spiro atoms. The van der Waals surface area contributed by atoms with Crippen molar-refractivity contribution in [2.24, 2.45) is 28.0 Å². The quantitative estimate of drug-likeness (QED) is 0.0139. The summed E-state index contributed by atoms with van der Waals surface area (Å²) in [6.45, 7) is 10.6. The molecule has 2 aromatic heterocycles. The van der Waals surface area contributed by atoms with Crippen LogP contribution >= 0.6 is 0 Å². The van der Waals surface area contributed by atoms with Crippen molar-refractivity contribution in [2.45, 2.75) is 219 Å². The van der Waals surface area contributed by atoms with Gasteiger partial charge in [0.05, 0.1) is 37.4 Å². The summed E-state index contributed by atoms with van der Waals surface area (Å²) in [6, 6.07) is 27.2. The van der Waals surface area contributed by atoms with Gasteiger partial charge in [-0.25, -0.2) is 22.4 Å². The maximum Gasteiger partial charge on any atom is 0.328 e. The monoisotopic (exact) mass is 2030 g/mol. The Bertz CT molecular complexity index is 5910. The molecule has 19 N–H and O–H groups in total. The van der Waals surface area contributed by atoms with Gasteiger partial charge in [0, 0.05) is 105 Å². The number of esters is 2. The number of nitrogens with two attached hydrogens (primary N) is 3. The minimum atomic E-state index is -1.99. The van der Waals surface area contributed by atoms with Crippen LogP contribution in [0.1, 0.15) is 172 Å². The molecule has 0 aliphatic carbocycles. The van der Waals surface area contributed by atoms with Gasteiger partial charge >= 0.3 is 17.9 Å². The van der Waals surface area contributed by atoms with Gasteiger partial charge < -0.3 is 114 Å². The number of aliphatic hydroxyl groups excluding tert-OH is 2. The minimum Gasteiger partial charge on any atom is -0.481 e. The van der Waals surface area contributed by atoms with Gasteiger partial charge in [0.2, 0.25) is 82.7 Å². The normalized spacial score (nSPS) is 13.6. The second kappa shape index (κ2) is 55.4. The highest BCUT2D eigenvalue weighted by Gasteiger charge is 2.42. The van der Waals surface area contributed by atoms with E-state index in [1.807, 2.05) is 51.1 Å². The van der Waals surface area contributed by atoms with Crippen molar-refractivity contribution in [1.82, 2.24) is 72.1 Å². The first-order valence-electron chi connectivity index (χ1n) is 47.2. The Morgan fingerprint density at radius 3 is 1.25 bits per heavy atom. The fourth-order valence-electron chi connectivity index (χ4n) is 16.1. The van der Waals surface area contributed by atoms with Crippen LogP contribution in [0.2, 0.25) is 0 Å². The molecule has 11 atom stereocenters. The number of nitrogens with zero attached hydrogens (tertiary/aromatic N) is 4. The van der Waals surface area contributed by atoms with Crippen LogP contribution in [-0.2, 0) is 117 Å². The Hall–Kier alpha value is -15.5. The lowest BCUT2D eigenvalue weighted by atomic mass is 9.82. The zero-order valence-corrected chi connectivity index (χ0v) is 82.4. The highest BCUT2D eigenvalue weighted by molar-refractivity contribution is 5.99. The first-order chi connectivity index (χ1) is 69.1. The zero-order chi connectivity index (χ0) is 107. The first-order valence-corrected chi connectivity index (χ1v) is 47.2. The average Bonchev–Trinajstić information content (AvgIpc) is 1.61. The summed E-state index contributed by atoms with van der Waals surface area (Å²) in [7, 11) is 0. The van der Waals surface area contributed by atoms with Crippen LogP contribution in [0.5, 0.6) is 0 Å². The number of rotatable bonds is 55. The molecule has 8 unspecified atom stereocenters. The molecule has 784 valence electrons. The van der Waals surface area contributed by atoms with Gasteiger partial charge in [-0.3, -0.25) is 76.7 Å². The summed E-state index contributed by atoms with van der Waals surface area (Å²) in [6.07, 6.45) is -2.62. The predicted octanol–water partition coefficient (Wildman–Crippen LogP) is 4.73.